The minimum absolute atomic E-state index is 0.115. The number of pyridine rings is 1. The lowest BCUT2D eigenvalue weighted by Gasteiger charge is -2.15. The van der Waals surface area contributed by atoms with E-state index in [2.05, 4.69) is 10.3 Å². The topological polar surface area (TPSA) is 71.5 Å². The lowest BCUT2D eigenvalue weighted by Crippen LogP contribution is -2.32. The maximum absolute atomic E-state index is 13.4. The Morgan fingerprint density at radius 2 is 1.87 bits per heavy atom. The van der Waals surface area contributed by atoms with Gasteiger partial charge in [-0.15, -0.1) is 0 Å². The van der Waals surface area contributed by atoms with Crippen molar-refractivity contribution in [2.24, 2.45) is 0 Å². The second-order valence-corrected chi connectivity index (χ2v) is 7.50. The number of amides is 2. The maximum Gasteiger partial charge on any atom is 0.278 e. The fraction of sp³-hybridized carbons (Fsp3) is 0.125. The van der Waals surface area contributed by atoms with Crippen LogP contribution in [-0.2, 0) is 16.1 Å². The summed E-state index contributed by atoms with van der Waals surface area (Å²) in [5, 5.41) is 3.68. The van der Waals surface area contributed by atoms with E-state index in [1.54, 1.807) is 42.7 Å². The van der Waals surface area contributed by atoms with Gasteiger partial charge in [0.25, 0.3) is 11.8 Å². The Balaban J connectivity index is 1.79. The molecule has 2 aromatic carbocycles. The second-order valence-electron chi connectivity index (χ2n) is 7.10. The summed E-state index contributed by atoms with van der Waals surface area (Å²) in [6.07, 6.45) is 3.28. The molecule has 7 heteroatoms. The zero-order valence-corrected chi connectivity index (χ0v) is 17.8. The molecule has 4 rings (SSSR count). The standard InChI is InChI=1S/C24H20ClN3O3/c1-15-9-10-17(12-19(15)25)27-22-21(18-7-3-4-8-20(18)31-2)23(29)28(24(22)30)14-16-6-5-11-26-13-16/h3-13,27H,14H2,1-2H3. The Hall–Kier alpha value is -3.64. The Morgan fingerprint density at radius 1 is 1.06 bits per heavy atom. The van der Waals surface area contributed by atoms with Gasteiger partial charge in [-0.2, -0.15) is 0 Å². The zero-order chi connectivity index (χ0) is 22.0. The van der Waals surface area contributed by atoms with Crippen LogP contribution in [0.5, 0.6) is 5.75 Å². The van der Waals surface area contributed by atoms with Crippen LogP contribution in [0.25, 0.3) is 5.57 Å². The SMILES string of the molecule is COc1ccccc1C1=C(Nc2ccc(C)c(Cl)c2)C(=O)N(Cc2cccnc2)C1=O. The number of carbonyl (C=O) groups is 2. The van der Waals surface area contributed by atoms with Crippen molar-refractivity contribution in [1.82, 2.24) is 9.88 Å². The van der Waals surface area contributed by atoms with Crippen molar-refractivity contribution >= 4 is 34.7 Å². The molecule has 6 nitrogen and oxygen atoms in total. The predicted molar refractivity (Wildman–Crippen MR) is 120 cm³/mol. The predicted octanol–water partition coefficient (Wildman–Crippen LogP) is 4.44. The van der Waals surface area contributed by atoms with Crippen LogP contribution in [0.2, 0.25) is 5.02 Å². The summed E-state index contributed by atoms with van der Waals surface area (Å²) in [4.78, 5) is 32.0. The molecular formula is C24H20ClN3O3. The van der Waals surface area contributed by atoms with E-state index in [1.165, 1.54) is 12.0 Å². The maximum atomic E-state index is 13.4. The minimum Gasteiger partial charge on any atom is -0.496 e. The number of methoxy groups -OCH3 is 1. The van der Waals surface area contributed by atoms with Gasteiger partial charge in [0.1, 0.15) is 11.4 Å². The number of nitrogens with zero attached hydrogens (tertiary/aromatic N) is 2. The normalized spacial score (nSPS) is 13.7. The Bertz CT molecular complexity index is 1190. The van der Waals surface area contributed by atoms with Gasteiger partial charge >= 0.3 is 0 Å². The first-order valence-electron chi connectivity index (χ1n) is 9.65. The van der Waals surface area contributed by atoms with E-state index in [4.69, 9.17) is 16.3 Å². The molecule has 1 aliphatic rings. The molecule has 1 N–H and O–H groups in total. The molecule has 0 radical (unpaired) electrons. The van der Waals surface area contributed by atoms with Gasteiger partial charge in [-0.25, -0.2) is 0 Å². The van der Waals surface area contributed by atoms with Gasteiger partial charge < -0.3 is 10.1 Å². The number of hydrogen-bond acceptors (Lipinski definition) is 5. The van der Waals surface area contributed by atoms with Gasteiger partial charge in [0, 0.05) is 28.7 Å². The molecule has 0 aliphatic carbocycles. The molecular weight excluding hydrogens is 414 g/mol. The number of anilines is 1. The number of carbonyl (C=O) groups excluding carboxylic acids is 2. The van der Waals surface area contributed by atoms with Crippen LogP contribution in [-0.4, -0.2) is 28.8 Å². The third-order valence-corrected chi connectivity index (χ3v) is 5.46. The molecule has 31 heavy (non-hydrogen) atoms. The smallest absolute Gasteiger partial charge is 0.278 e. The number of nitrogens with one attached hydrogen (secondary N) is 1. The van der Waals surface area contributed by atoms with Crippen LogP contribution >= 0.6 is 11.6 Å². The fourth-order valence-corrected chi connectivity index (χ4v) is 3.61. The van der Waals surface area contributed by atoms with E-state index in [1.807, 2.05) is 31.2 Å². The molecule has 1 aromatic heterocycles. The van der Waals surface area contributed by atoms with Crippen molar-refractivity contribution in [3.8, 4) is 5.75 Å². The molecule has 0 spiro atoms. The Labute approximate surface area is 185 Å². The van der Waals surface area contributed by atoms with Gasteiger partial charge in [0.05, 0.1) is 19.2 Å². The van der Waals surface area contributed by atoms with Crippen molar-refractivity contribution in [2.75, 3.05) is 12.4 Å². The summed E-state index contributed by atoms with van der Waals surface area (Å²) < 4.78 is 5.45. The number of benzene rings is 2. The van der Waals surface area contributed by atoms with Gasteiger partial charge in [-0.05, 0) is 42.3 Å². The molecule has 0 bridgehead atoms. The van der Waals surface area contributed by atoms with Crippen molar-refractivity contribution in [1.29, 1.82) is 0 Å². The van der Waals surface area contributed by atoms with Crippen LogP contribution in [0, 0.1) is 6.92 Å². The number of rotatable bonds is 6. The van der Waals surface area contributed by atoms with Crippen LogP contribution < -0.4 is 10.1 Å². The fourth-order valence-electron chi connectivity index (χ4n) is 3.43. The van der Waals surface area contributed by atoms with E-state index < -0.39 is 11.8 Å². The van der Waals surface area contributed by atoms with Crippen molar-refractivity contribution < 1.29 is 14.3 Å². The highest BCUT2D eigenvalue weighted by Gasteiger charge is 2.40. The molecule has 0 fully saturated rings. The third kappa shape index (κ3) is 4.02. The number of aryl methyl sites for hydroxylation is 1. The second kappa shape index (κ2) is 8.62. The summed E-state index contributed by atoms with van der Waals surface area (Å²) >= 11 is 6.26. The molecule has 0 unspecified atom stereocenters. The number of hydrogen-bond donors (Lipinski definition) is 1. The summed E-state index contributed by atoms with van der Waals surface area (Å²) in [5.74, 6) is -0.325. The number of aromatic nitrogens is 1. The monoisotopic (exact) mass is 433 g/mol. The number of ether oxygens (including phenoxy) is 1. The van der Waals surface area contributed by atoms with Crippen molar-refractivity contribution in [3.05, 3.63) is 94.4 Å². The van der Waals surface area contributed by atoms with Crippen LogP contribution in [0.1, 0.15) is 16.7 Å². The van der Waals surface area contributed by atoms with Crippen molar-refractivity contribution in [2.45, 2.75) is 13.5 Å². The van der Waals surface area contributed by atoms with Gasteiger partial charge in [-0.3, -0.25) is 19.5 Å². The van der Waals surface area contributed by atoms with Gasteiger partial charge in [-0.1, -0.05) is 41.9 Å². The lowest BCUT2D eigenvalue weighted by molar-refractivity contribution is -0.137. The lowest BCUT2D eigenvalue weighted by atomic mass is 10.0. The van der Waals surface area contributed by atoms with Gasteiger partial charge in [0.15, 0.2) is 0 Å². The minimum atomic E-state index is -0.425. The highest BCUT2D eigenvalue weighted by molar-refractivity contribution is 6.37. The number of para-hydroxylation sites is 1. The van der Waals surface area contributed by atoms with E-state index in [0.717, 1.165) is 11.1 Å². The average Bonchev–Trinajstić information content (AvgIpc) is 3.01. The summed E-state index contributed by atoms with van der Waals surface area (Å²) in [6, 6.07) is 16.1. The van der Waals surface area contributed by atoms with E-state index in [-0.39, 0.29) is 17.8 Å². The molecule has 0 atom stereocenters. The zero-order valence-electron chi connectivity index (χ0n) is 17.1. The Morgan fingerprint density at radius 3 is 2.58 bits per heavy atom. The Kier molecular flexibility index (Phi) is 5.73. The number of halogens is 1. The molecule has 2 amide bonds. The molecule has 156 valence electrons. The van der Waals surface area contributed by atoms with Crippen molar-refractivity contribution in [3.63, 3.8) is 0 Å². The quantitative estimate of drug-likeness (QED) is 0.582. The van der Waals surface area contributed by atoms with E-state index >= 15 is 0 Å². The largest absolute Gasteiger partial charge is 0.496 e. The molecule has 2 heterocycles. The third-order valence-electron chi connectivity index (χ3n) is 5.05. The molecule has 1 aliphatic heterocycles. The summed E-state index contributed by atoms with van der Waals surface area (Å²) in [5.41, 5.74) is 3.25. The number of imide groups is 1. The first-order valence-corrected chi connectivity index (χ1v) is 10.0. The molecule has 0 saturated heterocycles. The average molecular weight is 434 g/mol. The highest BCUT2D eigenvalue weighted by atomic mass is 35.5. The van der Waals surface area contributed by atoms with Crippen LogP contribution in [0.3, 0.4) is 0 Å². The van der Waals surface area contributed by atoms with E-state index in [0.29, 0.717) is 22.0 Å². The van der Waals surface area contributed by atoms with Crippen LogP contribution in [0.4, 0.5) is 5.69 Å². The molecule has 3 aromatic rings. The molecule has 0 saturated carbocycles. The summed E-state index contributed by atoms with van der Waals surface area (Å²) in [6.45, 7) is 2.01. The first-order chi connectivity index (χ1) is 15.0. The van der Waals surface area contributed by atoms with Gasteiger partial charge in [0.2, 0.25) is 0 Å². The summed E-state index contributed by atoms with van der Waals surface area (Å²) in [7, 11) is 1.53. The first kappa shape index (κ1) is 20.6. The highest BCUT2D eigenvalue weighted by Crippen LogP contribution is 2.36. The van der Waals surface area contributed by atoms with Crippen LogP contribution in [0.15, 0.2) is 72.7 Å². The van der Waals surface area contributed by atoms with E-state index in [9.17, 15) is 9.59 Å².